The second-order valence-electron chi connectivity index (χ2n) is 10.1. The van der Waals surface area contributed by atoms with E-state index in [0.717, 1.165) is 53.9 Å². The summed E-state index contributed by atoms with van der Waals surface area (Å²) in [7, 11) is 1.64. The number of ether oxygens (including phenoxy) is 2. The van der Waals surface area contributed by atoms with Crippen molar-refractivity contribution in [2.75, 3.05) is 30.1 Å². The van der Waals surface area contributed by atoms with Crippen molar-refractivity contribution in [2.24, 2.45) is 0 Å². The summed E-state index contributed by atoms with van der Waals surface area (Å²) in [6.07, 6.45) is 6.72. The first-order valence-corrected chi connectivity index (χ1v) is 15.2. The third kappa shape index (κ3) is 7.18. The molecule has 0 saturated heterocycles. The Labute approximate surface area is 241 Å². The fourth-order valence-corrected chi connectivity index (χ4v) is 5.62. The van der Waals surface area contributed by atoms with E-state index in [-0.39, 0.29) is 5.91 Å². The van der Waals surface area contributed by atoms with Crippen LogP contribution in [0.15, 0.2) is 58.9 Å². The lowest BCUT2D eigenvalue weighted by molar-refractivity contribution is -0.113. The van der Waals surface area contributed by atoms with Crippen LogP contribution in [0.1, 0.15) is 76.5 Å². The molecule has 9 heteroatoms. The summed E-state index contributed by atoms with van der Waals surface area (Å²) in [6, 6.07) is 13.1. The zero-order valence-corrected chi connectivity index (χ0v) is 25.1. The zero-order chi connectivity index (χ0) is 28.5. The molecule has 1 aliphatic heterocycles. The minimum atomic E-state index is -0.499. The standard InChI is InChI=1S/C31H41N5O3S/c1-6-8-10-11-17-39-25-16-15-23(20-26(25)38-5)28-27(29(37)33-24-14-12-13-21(3)19-24)22(4)32-30-34-31(35-36(28)30)40-18-9-7-2/h12-16,19-20,28H,6-11,17-18H2,1-5H3,(H,33,37)(H,32,34,35). The summed E-state index contributed by atoms with van der Waals surface area (Å²) >= 11 is 1.63. The Morgan fingerprint density at radius 2 is 1.88 bits per heavy atom. The fraction of sp³-hybridized carbons (Fsp3) is 0.452. The van der Waals surface area contributed by atoms with Gasteiger partial charge in [0.2, 0.25) is 11.1 Å². The van der Waals surface area contributed by atoms with Gasteiger partial charge in [0, 0.05) is 17.1 Å². The maximum Gasteiger partial charge on any atom is 0.255 e. The molecular formula is C31H41N5O3S. The van der Waals surface area contributed by atoms with Crippen LogP contribution in [-0.2, 0) is 4.79 Å². The maximum absolute atomic E-state index is 13.8. The maximum atomic E-state index is 13.8. The van der Waals surface area contributed by atoms with Crippen molar-refractivity contribution in [3.05, 3.63) is 64.9 Å². The van der Waals surface area contributed by atoms with E-state index in [0.29, 0.717) is 34.8 Å². The highest BCUT2D eigenvalue weighted by atomic mass is 32.2. The SMILES string of the molecule is CCCCCCOc1ccc(C2C(C(=O)Nc3cccc(C)c3)=C(C)Nc3nc(SCCCC)nn32)cc1OC. The van der Waals surface area contributed by atoms with Crippen molar-refractivity contribution in [1.29, 1.82) is 0 Å². The third-order valence-corrected chi connectivity index (χ3v) is 7.77. The number of nitrogens with zero attached hydrogens (tertiary/aromatic N) is 3. The molecule has 40 heavy (non-hydrogen) atoms. The van der Waals surface area contributed by atoms with Crippen molar-refractivity contribution in [1.82, 2.24) is 14.8 Å². The molecule has 1 unspecified atom stereocenters. The van der Waals surface area contributed by atoms with Crippen molar-refractivity contribution in [2.45, 2.75) is 77.4 Å². The Morgan fingerprint density at radius 3 is 2.62 bits per heavy atom. The van der Waals surface area contributed by atoms with E-state index >= 15 is 0 Å². The molecule has 1 aliphatic rings. The quantitative estimate of drug-likeness (QED) is 0.156. The van der Waals surface area contributed by atoms with Crippen LogP contribution in [0.3, 0.4) is 0 Å². The van der Waals surface area contributed by atoms with Gasteiger partial charge < -0.3 is 20.1 Å². The number of fused-ring (bicyclic) bond motifs is 1. The van der Waals surface area contributed by atoms with Crippen molar-refractivity contribution >= 4 is 29.3 Å². The Hall–Kier alpha value is -3.46. The van der Waals surface area contributed by atoms with Gasteiger partial charge in [-0.05, 0) is 62.1 Å². The first-order chi connectivity index (χ1) is 19.4. The van der Waals surface area contributed by atoms with E-state index in [1.54, 1.807) is 18.9 Å². The van der Waals surface area contributed by atoms with Gasteiger partial charge in [-0.25, -0.2) is 4.68 Å². The Morgan fingerprint density at radius 1 is 1.05 bits per heavy atom. The number of rotatable bonds is 14. The van der Waals surface area contributed by atoms with E-state index in [9.17, 15) is 4.79 Å². The van der Waals surface area contributed by atoms with Gasteiger partial charge in [-0.1, -0.05) is 69.5 Å². The molecule has 1 aromatic heterocycles. The molecule has 0 spiro atoms. The van der Waals surface area contributed by atoms with Crippen LogP contribution in [0, 0.1) is 6.92 Å². The average molecular weight is 564 g/mol. The van der Waals surface area contributed by atoms with Gasteiger partial charge in [-0.3, -0.25) is 4.79 Å². The minimum Gasteiger partial charge on any atom is -0.493 e. The number of hydrogen-bond donors (Lipinski definition) is 2. The highest BCUT2D eigenvalue weighted by Gasteiger charge is 2.35. The van der Waals surface area contributed by atoms with Crippen LogP contribution in [0.2, 0.25) is 0 Å². The third-order valence-electron chi connectivity index (χ3n) is 6.84. The number of carbonyl (C=O) groups excluding carboxylic acids is 1. The van der Waals surface area contributed by atoms with Gasteiger partial charge in [0.05, 0.1) is 19.3 Å². The molecule has 1 amide bonds. The van der Waals surface area contributed by atoms with Crippen molar-refractivity contribution < 1.29 is 14.3 Å². The van der Waals surface area contributed by atoms with Gasteiger partial charge >= 0.3 is 0 Å². The number of nitrogens with one attached hydrogen (secondary N) is 2. The van der Waals surface area contributed by atoms with Gasteiger partial charge in [0.1, 0.15) is 6.04 Å². The first-order valence-electron chi connectivity index (χ1n) is 14.2. The summed E-state index contributed by atoms with van der Waals surface area (Å²) in [5.74, 6) is 2.68. The Bertz CT molecular complexity index is 1340. The fourth-order valence-electron chi connectivity index (χ4n) is 4.71. The van der Waals surface area contributed by atoms with Crippen molar-refractivity contribution in [3.63, 3.8) is 0 Å². The lowest BCUT2D eigenvalue weighted by Crippen LogP contribution is -2.31. The number of hydrogen-bond acceptors (Lipinski definition) is 7. The van der Waals surface area contributed by atoms with Crippen molar-refractivity contribution in [3.8, 4) is 11.5 Å². The van der Waals surface area contributed by atoms with Crippen LogP contribution in [0.25, 0.3) is 0 Å². The number of aromatic nitrogens is 3. The van der Waals surface area contributed by atoms with Crippen LogP contribution in [0.4, 0.5) is 11.6 Å². The smallest absolute Gasteiger partial charge is 0.255 e. The number of unbranched alkanes of at least 4 members (excludes halogenated alkanes) is 4. The number of anilines is 2. The molecule has 2 N–H and O–H groups in total. The molecule has 2 aromatic carbocycles. The van der Waals surface area contributed by atoms with Gasteiger partial charge in [-0.2, -0.15) is 4.98 Å². The number of allylic oxidation sites excluding steroid dienone is 1. The number of methoxy groups -OCH3 is 1. The molecule has 0 bridgehead atoms. The molecule has 2 heterocycles. The highest BCUT2D eigenvalue weighted by Crippen LogP contribution is 2.40. The minimum absolute atomic E-state index is 0.197. The van der Waals surface area contributed by atoms with Crippen LogP contribution < -0.4 is 20.1 Å². The number of aryl methyl sites for hydroxylation is 1. The predicted octanol–water partition coefficient (Wildman–Crippen LogP) is 7.37. The zero-order valence-electron chi connectivity index (χ0n) is 24.3. The topological polar surface area (TPSA) is 90.3 Å². The summed E-state index contributed by atoms with van der Waals surface area (Å²) in [4.78, 5) is 18.6. The van der Waals surface area contributed by atoms with E-state index < -0.39 is 6.04 Å². The number of thioether (sulfide) groups is 1. The Balaban J connectivity index is 1.68. The van der Waals surface area contributed by atoms with Gasteiger partial charge in [-0.15, -0.1) is 5.10 Å². The van der Waals surface area contributed by atoms with Crippen LogP contribution >= 0.6 is 11.8 Å². The number of benzene rings is 2. The molecule has 0 saturated carbocycles. The van der Waals surface area contributed by atoms with Crippen LogP contribution in [0.5, 0.6) is 11.5 Å². The molecule has 4 rings (SSSR count). The molecule has 214 valence electrons. The Kier molecular flexibility index (Phi) is 10.5. The lowest BCUT2D eigenvalue weighted by Gasteiger charge is -2.29. The normalized spacial score (nSPS) is 14.5. The molecular weight excluding hydrogens is 522 g/mol. The molecule has 8 nitrogen and oxygen atoms in total. The number of carbonyl (C=O) groups is 1. The van der Waals surface area contributed by atoms with E-state index in [4.69, 9.17) is 19.6 Å². The molecule has 1 atom stereocenters. The predicted molar refractivity (Wildman–Crippen MR) is 163 cm³/mol. The largest absolute Gasteiger partial charge is 0.493 e. The first kappa shape index (κ1) is 29.5. The van der Waals surface area contributed by atoms with E-state index in [1.165, 1.54) is 12.8 Å². The highest BCUT2D eigenvalue weighted by molar-refractivity contribution is 7.99. The summed E-state index contributed by atoms with van der Waals surface area (Å²) in [5, 5.41) is 11.9. The summed E-state index contributed by atoms with van der Waals surface area (Å²) < 4.78 is 13.6. The van der Waals surface area contributed by atoms with Gasteiger partial charge in [0.25, 0.3) is 5.91 Å². The number of amides is 1. The van der Waals surface area contributed by atoms with E-state index in [1.807, 2.05) is 61.0 Å². The van der Waals surface area contributed by atoms with Gasteiger partial charge in [0.15, 0.2) is 11.5 Å². The van der Waals surface area contributed by atoms with Crippen LogP contribution in [-0.4, -0.2) is 40.1 Å². The molecule has 3 aromatic rings. The van der Waals surface area contributed by atoms with E-state index in [2.05, 4.69) is 24.5 Å². The molecule has 0 radical (unpaired) electrons. The molecule has 0 aliphatic carbocycles. The summed E-state index contributed by atoms with van der Waals surface area (Å²) in [5.41, 5.74) is 3.98. The monoisotopic (exact) mass is 563 g/mol. The summed E-state index contributed by atoms with van der Waals surface area (Å²) in [6.45, 7) is 8.91. The lowest BCUT2D eigenvalue weighted by atomic mass is 9.94. The average Bonchev–Trinajstić information content (AvgIpc) is 3.34. The second kappa shape index (κ2) is 14.3. The molecule has 0 fully saturated rings. The second-order valence-corrected chi connectivity index (χ2v) is 11.1.